The van der Waals surface area contributed by atoms with Gasteiger partial charge in [0, 0.05) is 11.9 Å². The van der Waals surface area contributed by atoms with Crippen LogP contribution in [0.3, 0.4) is 0 Å². The molecule has 0 aliphatic heterocycles. The highest BCUT2D eigenvalue weighted by Crippen LogP contribution is 2.10. The molecule has 7 heteroatoms. The highest BCUT2D eigenvalue weighted by atomic mass is 35.5. The number of unbranched alkanes of at least 4 members (excludes halogenated alkanes) is 2. The van der Waals surface area contributed by atoms with Crippen molar-refractivity contribution < 1.29 is 0 Å². The maximum absolute atomic E-state index is 5.58. The molecule has 2 aromatic heterocycles. The molecular weight excluding hydrogens is 360 g/mol. The van der Waals surface area contributed by atoms with Gasteiger partial charge in [0.2, 0.25) is 0 Å². The number of anilines is 1. The number of aryl methyl sites for hydroxylation is 2. The lowest BCUT2D eigenvalue weighted by Gasteiger charge is -2.01. The summed E-state index contributed by atoms with van der Waals surface area (Å²) in [6.07, 6.45) is 11.4. The topological polar surface area (TPSA) is 85.4 Å². The zero-order chi connectivity index (χ0) is 18.2. The van der Waals surface area contributed by atoms with Crippen molar-refractivity contribution in [3.8, 4) is 0 Å². The lowest BCUT2D eigenvalue weighted by atomic mass is 10.1. The fraction of sp³-hybridized carbons (Fsp3) is 0.350. The Balaban J connectivity index is 0.00000261. The number of nitrogen functional groups attached to an aromatic ring is 1. The molecule has 0 atom stereocenters. The zero-order valence-corrected chi connectivity index (χ0v) is 16.5. The Hall–Kier alpha value is -2.60. The second-order valence-corrected chi connectivity index (χ2v) is 6.66. The molecule has 0 bridgehead atoms. The van der Waals surface area contributed by atoms with Gasteiger partial charge in [-0.25, -0.2) is 9.67 Å². The number of nitrogens with one attached hydrogen (secondary N) is 1. The Morgan fingerprint density at radius 3 is 2.67 bits per heavy atom. The van der Waals surface area contributed by atoms with Crippen LogP contribution in [0.25, 0.3) is 6.08 Å². The van der Waals surface area contributed by atoms with Crippen molar-refractivity contribution in [3.05, 3.63) is 65.2 Å². The number of hydrogen-bond acceptors (Lipinski definition) is 4. The highest BCUT2D eigenvalue weighted by Gasteiger charge is 2.03. The summed E-state index contributed by atoms with van der Waals surface area (Å²) in [5.74, 6) is 0.494. The van der Waals surface area contributed by atoms with E-state index < -0.39 is 0 Å². The first-order valence-corrected chi connectivity index (χ1v) is 9.09. The van der Waals surface area contributed by atoms with Crippen LogP contribution in [0.1, 0.15) is 43.1 Å². The van der Waals surface area contributed by atoms with Crippen molar-refractivity contribution in [1.82, 2.24) is 25.0 Å². The van der Waals surface area contributed by atoms with Crippen molar-refractivity contribution in [1.29, 1.82) is 0 Å². The van der Waals surface area contributed by atoms with Crippen molar-refractivity contribution in [2.75, 3.05) is 5.73 Å². The fourth-order valence-corrected chi connectivity index (χ4v) is 2.97. The summed E-state index contributed by atoms with van der Waals surface area (Å²) < 4.78 is 1.91. The van der Waals surface area contributed by atoms with E-state index in [1.165, 1.54) is 11.1 Å². The quantitative estimate of drug-likeness (QED) is 0.543. The molecule has 0 amide bonds. The maximum atomic E-state index is 5.58. The largest absolute Gasteiger partial charge is 0.369 e. The first kappa shape index (κ1) is 20.7. The van der Waals surface area contributed by atoms with Crippen molar-refractivity contribution in [2.45, 2.75) is 45.6 Å². The third kappa shape index (κ3) is 6.90. The third-order valence-corrected chi connectivity index (χ3v) is 4.24. The van der Waals surface area contributed by atoms with Crippen LogP contribution in [0, 0.1) is 0 Å². The molecule has 3 aromatic rings. The summed E-state index contributed by atoms with van der Waals surface area (Å²) in [4.78, 5) is 7.07. The van der Waals surface area contributed by atoms with E-state index in [0.29, 0.717) is 5.95 Å². The number of aromatic nitrogens is 5. The van der Waals surface area contributed by atoms with Crippen molar-refractivity contribution in [2.24, 2.45) is 0 Å². The maximum Gasteiger partial charge on any atom is 0.197 e. The molecule has 0 aliphatic rings. The SMILES string of the molecule is CC(=Cc1ccccc1)Cn1cc(CCCCCc2cnc(N)[nH]2)nn1.Cl. The number of benzene rings is 1. The Labute approximate surface area is 166 Å². The average molecular weight is 387 g/mol. The molecular formula is C20H27ClN6. The van der Waals surface area contributed by atoms with Gasteiger partial charge in [0.25, 0.3) is 0 Å². The van der Waals surface area contributed by atoms with Gasteiger partial charge in [0.15, 0.2) is 5.95 Å². The zero-order valence-electron chi connectivity index (χ0n) is 15.6. The summed E-state index contributed by atoms with van der Waals surface area (Å²) in [6.45, 7) is 2.89. The van der Waals surface area contributed by atoms with Crippen molar-refractivity contribution >= 4 is 24.4 Å². The van der Waals surface area contributed by atoms with Gasteiger partial charge in [-0.15, -0.1) is 17.5 Å². The molecule has 27 heavy (non-hydrogen) atoms. The Kier molecular flexibility index (Phi) is 8.07. The summed E-state index contributed by atoms with van der Waals surface area (Å²) in [7, 11) is 0. The van der Waals surface area contributed by atoms with Crippen LogP contribution in [0.5, 0.6) is 0 Å². The van der Waals surface area contributed by atoms with Gasteiger partial charge in [-0.3, -0.25) is 0 Å². The number of aromatic amines is 1. The molecule has 0 aliphatic carbocycles. The van der Waals surface area contributed by atoms with Crippen LogP contribution >= 0.6 is 12.4 Å². The molecule has 1 aromatic carbocycles. The third-order valence-electron chi connectivity index (χ3n) is 4.24. The Morgan fingerprint density at radius 2 is 1.93 bits per heavy atom. The molecule has 0 spiro atoms. The van der Waals surface area contributed by atoms with E-state index >= 15 is 0 Å². The minimum atomic E-state index is 0. The normalized spacial score (nSPS) is 11.4. The summed E-state index contributed by atoms with van der Waals surface area (Å²) >= 11 is 0. The molecule has 0 saturated carbocycles. The first-order valence-electron chi connectivity index (χ1n) is 9.09. The minimum absolute atomic E-state index is 0. The molecule has 3 N–H and O–H groups in total. The number of rotatable bonds is 9. The smallest absolute Gasteiger partial charge is 0.197 e. The van der Waals surface area contributed by atoms with Crippen LogP contribution in [-0.2, 0) is 19.4 Å². The average Bonchev–Trinajstić information content (AvgIpc) is 3.24. The number of H-pyrrole nitrogens is 1. The molecule has 0 radical (unpaired) electrons. The standard InChI is InChI=1S/C20H26N6.ClH/c1-16(12-17-8-4-2-5-9-17)14-26-15-19(24-25-26)11-7-3-6-10-18-13-22-20(21)23-18;/h2,4-5,8-9,12-13,15H,3,6-7,10-11,14H2,1H3,(H3,21,22,23);1H. The van der Waals surface area contributed by atoms with Crippen LogP contribution in [0.15, 0.2) is 48.3 Å². The molecule has 3 rings (SSSR count). The number of nitrogens with two attached hydrogens (primary N) is 1. The molecule has 144 valence electrons. The van der Waals surface area contributed by atoms with Gasteiger partial charge in [-0.2, -0.15) is 0 Å². The van der Waals surface area contributed by atoms with Gasteiger partial charge in [-0.1, -0.05) is 53.6 Å². The monoisotopic (exact) mass is 386 g/mol. The second-order valence-electron chi connectivity index (χ2n) is 6.66. The number of halogens is 1. The van der Waals surface area contributed by atoms with E-state index in [-0.39, 0.29) is 12.4 Å². The Bertz CT molecular complexity index is 837. The van der Waals surface area contributed by atoms with E-state index in [0.717, 1.165) is 50.0 Å². The van der Waals surface area contributed by atoms with E-state index in [2.05, 4.69) is 51.6 Å². The van der Waals surface area contributed by atoms with Crippen LogP contribution in [0.4, 0.5) is 5.95 Å². The molecule has 6 nitrogen and oxygen atoms in total. The van der Waals surface area contributed by atoms with Gasteiger partial charge in [-0.05, 0) is 38.2 Å². The highest BCUT2D eigenvalue weighted by molar-refractivity contribution is 5.85. The number of nitrogens with zero attached hydrogens (tertiary/aromatic N) is 4. The predicted molar refractivity (Wildman–Crippen MR) is 112 cm³/mol. The van der Waals surface area contributed by atoms with E-state index in [9.17, 15) is 0 Å². The lowest BCUT2D eigenvalue weighted by molar-refractivity contribution is 0.642. The van der Waals surface area contributed by atoms with Gasteiger partial charge in [0.05, 0.1) is 18.4 Å². The number of imidazole rings is 1. The summed E-state index contributed by atoms with van der Waals surface area (Å²) in [6, 6.07) is 10.3. The second kappa shape index (κ2) is 10.5. The first-order chi connectivity index (χ1) is 12.7. The van der Waals surface area contributed by atoms with Crippen LogP contribution < -0.4 is 5.73 Å². The van der Waals surface area contributed by atoms with E-state index in [4.69, 9.17) is 5.73 Å². The van der Waals surface area contributed by atoms with Gasteiger partial charge in [0.1, 0.15) is 0 Å². The van der Waals surface area contributed by atoms with E-state index in [1.54, 1.807) is 0 Å². The van der Waals surface area contributed by atoms with Gasteiger partial charge >= 0.3 is 0 Å². The number of hydrogen-bond donors (Lipinski definition) is 2. The van der Waals surface area contributed by atoms with Gasteiger partial charge < -0.3 is 10.7 Å². The fourth-order valence-electron chi connectivity index (χ4n) is 2.97. The molecule has 2 heterocycles. The molecule has 0 unspecified atom stereocenters. The Morgan fingerprint density at radius 1 is 1.15 bits per heavy atom. The predicted octanol–water partition coefficient (Wildman–Crippen LogP) is 4.06. The minimum Gasteiger partial charge on any atom is -0.369 e. The summed E-state index contributed by atoms with van der Waals surface area (Å²) in [5.41, 5.74) is 10.2. The lowest BCUT2D eigenvalue weighted by Crippen LogP contribution is -1.99. The van der Waals surface area contributed by atoms with E-state index in [1.807, 2.05) is 29.1 Å². The van der Waals surface area contributed by atoms with Crippen molar-refractivity contribution in [3.63, 3.8) is 0 Å². The van der Waals surface area contributed by atoms with Crippen LogP contribution in [-0.4, -0.2) is 25.0 Å². The molecule has 0 saturated heterocycles. The van der Waals surface area contributed by atoms with Crippen LogP contribution in [0.2, 0.25) is 0 Å². The molecule has 0 fully saturated rings. The summed E-state index contributed by atoms with van der Waals surface area (Å²) in [5, 5.41) is 8.53. The number of allylic oxidation sites excluding steroid dienone is 1.